The van der Waals surface area contributed by atoms with Crippen LogP contribution in [0, 0.1) is 6.92 Å². The van der Waals surface area contributed by atoms with Gasteiger partial charge in [-0.1, -0.05) is 60.1 Å². The van der Waals surface area contributed by atoms with E-state index in [1.54, 1.807) is 0 Å². The Balaban J connectivity index is 1.60. The number of hydrogen-bond acceptors (Lipinski definition) is 1. The van der Waals surface area contributed by atoms with Gasteiger partial charge in [0.1, 0.15) is 0 Å². The number of hydrogen-bond donors (Lipinski definition) is 1. The van der Waals surface area contributed by atoms with E-state index in [9.17, 15) is 4.79 Å². The Hall–Kier alpha value is -3.04. The highest BCUT2D eigenvalue weighted by molar-refractivity contribution is 6.30. The number of nitrogens with one attached hydrogen (secondary N) is 1. The Bertz CT molecular complexity index is 1130. The normalized spacial score (nSPS) is 10.9. The van der Waals surface area contributed by atoms with Crippen LogP contribution in [0.5, 0.6) is 0 Å². The van der Waals surface area contributed by atoms with E-state index in [4.69, 9.17) is 11.6 Å². The zero-order valence-electron chi connectivity index (χ0n) is 15.7. The van der Waals surface area contributed by atoms with Gasteiger partial charge in [0.2, 0.25) is 5.91 Å². The third-order valence-corrected chi connectivity index (χ3v) is 5.16. The molecule has 3 nitrogen and oxygen atoms in total. The molecule has 0 aliphatic heterocycles. The van der Waals surface area contributed by atoms with Crippen molar-refractivity contribution in [3.05, 3.63) is 101 Å². The molecular formula is C24H21ClN2O. The van der Waals surface area contributed by atoms with Crippen LogP contribution in [0.4, 0.5) is 5.69 Å². The van der Waals surface area contributed by atoms with Gasteiger partial charge in [-0.2, -0.15) is 0 Å². The number of para-hydroxylation sites is 2. The third-order valence-electron chi connectivity index (χ3n) is 4.91. The molecule has 4 heteroatoms. The fraction of sp³-hybridized carbons (Fsp3) is 0.125. The lowest BCUT2D eigenvalue weighted by atomic mass is 10.1. The molecule has 1 aromatic heterocycles. The first-order valence-electron chi connectivity index (χ1n) is 9.27. The van der Waals surface area contributed by atoms with E-state index >= 15 is 0 Å². The molecule has 3 aromatic carbocycles. The maximum Gasteiger partial charge on any atom is 0.228 e. The van der Waals surface area contributed by atoms with E-state index in [1.165, 1.54) is 5.56 Å². The van der Waals surface area contributed by atoms with Crippen LogP contribution in [-0.2, 0) is 17.8 Å². The van der Waals surface area contributed by atoms with Crippen molar-refractivity contribution in [3.63, 3.8) is 0 Å². The lowest BCUT2D eigenvalue weighted by Crippen LogP contribution is -2.15. The fourth-order valence-electron chi connectivity index (χ4n) is 3.46. The molecule has 1 N–H and O–H groups in total. The molecule has 0 radical (unpaired) electrons. The zero-order chi connectivity index (χ0) is 19.5. The van der Waals surface area contributed by atoms with E-state index in [2.05, 4.69) is 28.2 Å². The number of benzene rings is 3. The van der Waals surface area contributed by atoms with Crippen molar-refractivity contribution in [1.29, 1.82) is 0 Å². The van der Waals surface area contributed by atoms with Crippen LogP contribution in [0.25, 0.3) is 10.9 Å². The molecule has 0 unspecified atom stereocenters. The highest BCUT2D eigenvalue weighted by Gasteiger charge is 2.13. The van der Waals surface area contributed by atoms with Crippen molar-refractivity contribution in [2.75, 3.05) is 5.32 Å². The summed E-state index contributed by atoms with van der Waals surface area (Å²) in [7, 11) is 0. The summed E-state index contributed by atoms with van der Waals surface area (Å²) in [5.41, 5.74) is 5.23. The number of carbonyl (C=O) groups is 1. The Labute approximate surface area is 169 Å². The van der Waals surface area contributed by atoms with Gasteiger partial charge >= 0.3 is 0 Å². The number of rotatable bonds is 5. The smallest absolute Gasteiger partial charge is 0.228 e. The average molecular weight is 389 g/mol. The molecule has 0 aliphatic rings. The number of aryl methyl sites for hydroxylation is 1. The van der Waals surface area contributed by atoms with Crippen LogP contribution in [0.3, 0.4) is 0 Å². The largest absolute Gasteiger partial charge is 0.343 e. The molecule has 0 aliphatic carbocycles. The number of fused-ring (bicyclic) bond motifs is 1. The quantitative estimate of drug-likeness (QED) is 0.458. The van der Waals surface area contributed by atoms with Crippen LogP contribution in [-0.4, -0.2) is 10.5 Å². The van der Waals surface area contributed by atoms with Gasteiger partial charge in [0.15, 0.2) is 0 Å². The second-order valence-corrected chi connectivity index (χ2v) is 7.40. The maximum absolute atomic E-state index is 12.6. The predicted molar refractivity (Wildman–Crippen MR) is 116 cm³/mol. The van der Waals surface area contributed by atoms with E-state index in [0.29, 0.717) is 6.42 Å². The highest BCUT2D eigenvalue weighted by atomic mass is 35.5. The summed E-state index contributed by atoms with van der Waals surface area (Å²) in [6, 6.07) is 23.9. The van der Waals surface area contributed by atoms with Crippen LogP contribution >= 0.6 is 11.6 Å². The molecule has 0 fully saturated rings. The number of anilines is 1. The van der Waals surface area contributed by atoms with Crippen molar-refractivity contribution in [2.45, 2.75) is 19.9 Å². The van der Waals surface area contributed by atoms with Crippen LogP contribution in [0.2, 0.25) is 5.02 Å². The first kappa shape index (κ1) is 18.3. The van der Waals surface area contributed by atoms with Gasteiger partial charge in [-0.05, 0) is 47.9 Å². The topological polar surface area (TPSA) is 34.0 Å². The van der Waals surface area contributed by atoms with Crippen molar-refractivity contribution in [1.82, 2.24) is 4.57 Å². The summed E-state index contributed by atoms with van der Waals surface area (Å²) < 4.78 is 2.19. The molecule has 28 heavy (non-hydrogen) atoms. The van der Waals surface area contributed by atoms with Crippen molar-refractivity contribution >= 4 is 34.1 Å². The first-order valence-corrected chi connectivity index (χ1v) is 9.64. The summed E-state index contributed by atoms with van der Waals surface area (Å²) in [6.45, 7) is 2.73. The number of nitrogens with zero attached hydrogens (tertiary/aromatic N) is 1. The van der Waals surface area contributed by atoms with E-state index in [-0.39, 0.29) is 5.91 Å². The second-order valence-electron chi connectivity index (χ2n) is 6.97. The van der Waals surface area contributed by atoms with E-state index in [1.807, 2.05) is 67.6 Å². The molecular weight excluding hydrogens is 368 g/mol. The maximum atomic E-state index is 12.6. The van der Waals surface area contributed by atoms with Gasteiger partial charge in [-0.15, -0.1) is 0 Å². The lowest BCUT2D eigenvalue weighted by Gasteiger charge is -2.07. The van der Waals surface area contributed by atoms with Gasteiger partial charge < -0.3 is 9.88 Å². The standard InChI is InChI=1S/C24H21ClN2O/c1-17-6-2-4-8-22(17)26-24(28)14-19-16-27(23-9-5-3-7-21(19)23)15-18-10-12-20(25)13-11-18/h2-13,16H,14-15H2,1H3,(H,26,28). The summed E-state index contributed by atoms with van der Waals surface area (Å²) >= 11 is 6.00. The van der Waals surface area contributed by atoms with Gasteiger partial charge in [-0.25, -0.2) is 0 Å². The fourth-order valence-corrected chi connectivity index (χ4v) is 3.59. The molecule has 4 aromatic rings. The number of carbonyl (C=O) groups excluding carboxylic acids is 1. The molecule has 0 atom stereocenters. The van der Waals surface area contributed by atoms with Gasteiger partial charge in [-0.3, -0.25) is 4.79 Å². The Morgan fingerprint density at radius 1 is 0.964 bits per heavy atom. The third kappa shape index (κ3) is 3.95. The Morgan fingerprint density at radius 3 is 2.46 bits per heavy atom. The second kappa shape index (κ2) is 7.91. The van der Waals surface area contributed by atoms with Crippen molar-refractivity contribution < 1.29 is 4.79 Å². The Kier molecular flexibility index (Phi) is 5.18. The van der Waals surface area contributed by atoms with Gasteiger partial charge in [0, 0.05) is 34.4 Å². The van der Waals surface area contributed by atoms with Crippen LogP contribution < -0.4 is 5.32 Å². The van der Waals surface area contributed by atoms with E-state index < -0.39 is 0 Å². The summed E-state index contributed by atoms with van der Waals surface area (Å²) in [4.78, 5) is 12.6. The SMILES string of the molecule is Cc1ccccc1NC(=O)Cc1cn(Cc2ccc(Cl)cc2)c2ccccc12. The highest BCUT2D eigenvalue weighted by Crippen LogP contribution is 2.24. The average Bonchev–Trinajstić information content (AvgIpc) is 3.03. The number of aromatic nitrogens is 1. The minimum Gasteiger partial charge on any atom is -0.343 e. The summed E-state index contributed by atoms with van der Waals surface area (Å²) in [5.74, 6) is -0.0105. The van der Waals surface area contributed by atoms with Crippen LogP contribution in [0.1, 0.15) is 16.7 Å². The molecule has 140 valence electrons. The van der Waals surface area contributed by atoms with Gasteiger partial charge in [0.25, 0.3) is 0 Å². The monoisotopic (exact) mass is 388 g/mol. The van der Waals surface area contributed by atoms with E-state index in [0.717, 1.165) is 39.3 Å². The van der Waals surface area contributed by atoms with Crippen molar-refractivity contribution in [2.24, 2.45) is 0 Å². The summed E-state index contributed by atoms with van der Waals surface area (Å²) in [6.07, 6.45) is 2.42. The molecule has 4 rings (SSSR count). The molecule has 0 bridgehead atoms. The predicted octanol–water partition coefficient (Wildman–Crippen LogP) is 5.83. The minimum atomic E-state index is -0.0105. The molecule has 0 saturated carbocycles. The lowest BCUT2D eigenvalue weighted by molar-refractivity contribution is -0.115. The molecule has 1 heterocycles. The first-order chi connectivity index (χ1) is 13.6. The van der Waals surface area contributed by atoms with Crippen LogP contribution in [0.15, 0.2) is 79.0 Å². The summed E-state index contributed by atoms with van der Waals surface area (Å²) in [5, 5.41) is 4.86. The molecule has 0 saturated heterocycles. The van der Waals surface area contributed by atoms with Crippen molar-refractivity contribution in [3.8, 4) is 0 Å². The number of amides is 1. The minimum absolute atomic E-state index is 0.0105. The van der Waals surface area contributed by atoms with Gasteiger partial charge in [0.05, 0.1) is 6.42 Å². The molecule has 1 amide bonds. The zero-order valence-corrected chi connectivity index (χ0v) is 16.4. The Morgan fingerprint density at radius 2 is 1.68 bits per heavy atom. The number of halogens is 1. The molecule has 0 spiro atoms.